The molecule has 6 nitrogen and oxygen atoms in total. The number of amides is 1. The van der Waals surface area contributed by atoms with Gasteiger partial charge in [-0.25, -0.2) is 0 Å². The third-order valence-electron chi connectivity index (χ3n) is 14.2. The summed E-state index contributed by atoms with van der Waals surface area (Å²) in [5.41, 5.74) is 0. The van der Waals surface area contributed by atoms with Crippen LogP contribution in [0.15, 0.2) is 24.3 Å². The van der Waals surface area contributed by atoms with Crippen LogP contribution >= 0.6 is 0 Å². The first-order valence-electron chi connectivity index (χ1n) is 30.6. The highest BCUT2D eigenvalue weighted by Gasteiger charge is 2.18. The lowest BCUT2D eigenvalue weighted by Crippen LogP contribution is -2.45. The van der Waals surface area contributed by atoms with Gasteiger partial charge in [-0.2, -0.15) is 0 Å². The van der Waals surface area contributed by atoms with Crippen LogP contribution in [0, 0.1) is 0 Å². The molecule has 3 N–H and O–H groups in total. The van der Waals surface area contributed by atoms with E-state index in [1.54, 1.807) is 6.08 Å². The molecule has 0 bridgehead atoms. The zero-order valence-electron chi connectivity index (χ0n) is 45.9. The van der Waals surface area contributed by atoms with Crippen LogP contribution in [0.2, 0.25) is 0 Å². The van der Waals surface area contributed by atoms with E-state index in [-0.39, 0.29) is 18.5 Å². The van der Waals surface area contributed by atoms with Crippen molar-refractivity contribution in [2.45, 2.75) is 347 Å². The number of hydrogen-bond acceptors (Lipinski definition) is 5. The molecule has 0 heterocycles. The molecule has 68 heavy (non-hydrogen) atoms. The lowest BCUT2D eigenvalue weighted by molar-refractivity contribution is -0.143. The highest BCUT2D eigenvalue weighted by molar-refractivity contribution is 5.76. The minimum absolute atomic E-state index is 0.00676. The molecule has 0 spiro atoms. The van der Waals surface area contributed by atoms with Crippen molar-refractivity contribution in [3.63, 3.8) is 0 Å². The van der Waals surface area contributed by atoms with Gasteiger partial charge in [0.2, 0.25) is 5.91 Å². The number of aliphatic hydroxyl groups is 2. The highest BCUT2D eigenvalue weighted by atomic mass is 16.5. The van der Waals surface area contributed by atoms with Crippen LogP contribution in [-0.2, 0) is 14.3 Å². The normalized spacial score (nSPS) is 12.7. The van der Waals surface area contributed by atoms with Crippen molar-refractivity contribution in [2.75, 3.05) is 13.2 Å². The number of rotatable bonds is 57. The molecule has 6 heteroatoms. The number of carbonyl (C=O) groups excluding carboxylic acids is 2. The van der Waals surface area contributed by atoms with E-state index in [9.17, 15) is 19.8 Å². The molecule has 0 aromatic carbocycles. The first kappa shape index (κ1) is 66.3. The van der Waals surface area contributed by atoms with E-state index >= 15 is 0 Å². The van der Waals surface area contributed by atoms with Crippen LogP contribution in [-0.4, -0.2) is 47.4 Å². The van der Waals surface area contributed by atoms with Crippen molar-refractivity contribution in [2.24, 2.45) is 0 Å². The Hall–Kier alpha value is -1.66. The second-order valence-corrected chi connectivity index (χ2v) is 21.0. The van der Waals surface area contributed by atoms with E-state index < -0.39 is 12.1 Å². The maximum absolute atomic E-state index is 12.5. The van der Waals surface area contributed by atoms with Crippen molar-refractivity contribution in [1.82, 2.24) is 5.32 Å². The summed E-state index contributed by atoms with van der Waals surface area (Å²) in [5.74, 6) is -0.0872. The van der Waals surface area contributed by atoms with Gasteiger partial charge in [-0.1, -0.05) is 289 Å². The van der Waals surface area contributed by atoms with Crippen LogP contribution in [0.25, 0.3) is 0 Å². The zero-order chi connectivity index (χ0) is 49.3. The Balaban J connectivity index is 3.48. The number of hydrogen-bond donors (Lipinski definition) is 3. The molecule has 0 saturated heterocycles. The Morgan fingerprint density at radius 1 is 0.397 bits per heavy atom. The molecule has 402 valence electrons. The number of aliphatic hydroxyl groups excluding tert-OH is 2. The molecule has 2 atom stereocenters. The van der Waals surface area contributed by atoms with E-state index in [1.807, 2.05) is 6.08 Å². The van der Waals surface area contributed by atoms with E-state index in [2.05, 4.69) is 31.3 Å². The van der Waals surface area contributed by atoms with Gasteiger partial charge in [0.05, 0.1) is 25.4 Å². The Kier molecular flexibility index (Phi) is 56.5. The summed E-state index contributed by atoms with van der Waals surface area (Å²) in [5, 5.41) is 23.2. The number of esters is 1. The summed E-state index contributed by atoms with van der Waals surface area (Å²) >= 11 is 0. The van der Waals surface area contributed by atoms with Crippen LogP contribution in [0.5, 0.6) is 0 Å². The van der Waals surface area contributed by atoms with Gasteiger partial charge in [-0.15, -0.1) is 0 Å². The minimum Gasteiger partial charge on any atom is -0.466 e. The predicted molar refractivity (Wildman–Crippen MR) is 296 cm³/mol. The summed E-state index contributed by atoms with van der Waals surface area (Å²) in [6.45, 7) is 4.90. The molecular formula is C62H119NO5. The number of carbonyl (C=O) groups is 2. The average molecular weight is 959 g/mol. The lowest BCUT2D eigenvalue weighted by Gasteiger charge is -2.20. The molecular weight excluding hydrogens is 839 g/mol. The van der Waals surface area contributed by atoms with Crippen LogP contribution in [0.1, 0.15) is 335 Å². The van der Waals surface area contributed by atoms with Crippen molar-refractivity contribution in [3.8, 4) is 0 Å². The fraction of sp³-hybridized carbons (Fsp3) is 0.903. The fourth-order valence-electron chi connectivity index (χ4n) is 9.51. The first-order valence-corrected chi connectivity index (χ1v) is 30.6. The monoisotopic (exact) mass is 958 g/mol. The largest absolute Gasteiger partial charge is 0.466 e. The molecule has 2 unspecified atom stereocenters. The molecule has 0 aliphatic carbocycles. The Morgan fingerprint density at radius 2 is 0.691 bits per heavy atom. The minimum atomic E-state index is -0.855. The molecule has 0 aromatic rings. The van der Waals surface area contributed by atoms with E-state index in [0.717, 1.165) is 70.6 Å². The fourth-order valence-corrected chi connectivity index (χ4v) is 9.51. The summed E-state index contributed by atoms with van der Waals surface area (Å²) in [6.07, 6.45) is 70.6. The highest BCUT2D eigenvalue weighted by Crippen LogP contribution is 2.17. The van der Waals surface area contributed by atoms with E-state index in [4.69, 9.17) is 4.74 Å². The van der Waals surface area contributed by atoms with Crippen molar-refractivity contribution >= 4 is 11.9 Å². The number of unbranched alkanes of at least 4 members (excludes halogenated alkanes) is 44. The van der Waals surface area contributed by atoms with Gasteiger partial charge < -0.3 is 20.3 Å². The van der Waals surface area contributed by atoms with Crippen LogP contribution < -0.4 is 5.32 Å². The molecule has 0 saturated carbocycles. The quantitative estimate of drug-likeness (QED) is 0.0321. The van der Waals surface area contributed by atoms with Gasteiger partial charge >= 0.3 is 5.97 Å². The second kappa shape index (κ2) is 57.9. The summed E-state index contributed by atoms with van der Waals surface area (Å²) in [7, 11) is 0. The molecule has 1 amide bonds. The van der Waals surface area contributed by atoms with Gasteiger partial charge in [0.1, 0.15) is 0 Å². The first-order chi connectivity index (χ1) is 33.5. The predicted octanol–water partition coefficient (Wildman–Crippen LogP) is 19.0. The zero-order valence-corrected chi connectivity index (χ0v) is 45.9. The average Bonchev–Trinajstić information content (AvgIpc) is 3.34. The van der Waals surface area contributed by atoms with Gasteiger partial charge in [-0.05, 0) is 57.8 Å². The van der Waals surface area contributed by atoms with Gasteiger partial charge in [0.15, 0.2) is 0 Å². The van der Waals surface area contributed by atoms with Gasteiger partial charge in [0.25, 0.3) is 0 Å². The second-order valence-electron chi connectivity index (χ2n) is 21.0. The van der Waals surface area contributed by atoms with Crippen molar-refractivity contribution < 1.29 is 24.5 Å². The standard InChI is InChI=1S/C62H119NO5/c1-3-5-7-9-11-13-15-17-19-21-22-24-26-30-34-38-42-46-50-54-60(65)59(58-64)63-61(66)55-51-47-43-39-35-31-27-25-29-33-37-41-45-49-53-57-68-62(67)56-52-48-44-40-36-32-28-23-20-18-16-14-12-10-8-6-4-2/h29,33,50,54,59-60,64-65H,3-28,30-32,34-49,51-53,55-58H2,1-2H3,(H,63,66)/b33-29-,54-50+. The summed E-state index contributed by atoms with van der Waals surface area (Å²) in [6, 6.07) is -0.639. The van der Waals surface area contributed by atoms with E-state index in [1.165, 1.54) is 238 Å². The van der Waals surface area contributed by atoms with Crippen molar-refractivity contribution in [3.05, 3.63) is 24.3 Å². The molecule has 0 rings (SSSR count). The van der Waals surface area contributed by atoms with Crippen LogP contribution in [0.4, 0.5) is 0 Å². The smallest absolute Gasteiger partial charge is 0.305 e. The molecule has 0 aliphatic heterocycles. The third kappa shape index (κ3) is 53.7. The summed E-state index contributed by atoms with van der Waals surface area (Å²) in [4.78, 5) is 24.6. The maximum Gasteiger partial charge on any atom is 0.305 e. The van der Waals surface area contributed by atoms with Gasteiger partial charge in [-0.3, -0.25) is 9.59 Å². The third-order valence-corrected chi connectivity index (χ3v) is 14.2. The SMILES string of the molecule is CCCCCCCCCCCCCCCCCCC/C=C/C(O)C(CO)NC(=O)CCCCCCCCC/C=C\CCCCCCOC(=O)CCCCCCCCCCCCCCCCCCC. The molecule has 0 fully saturated rings. The molecule has 0 aliphatic rings. The Morgan fingerprint density at radius 3 is 1.04 bits per heavy atom. The Labute approximate surface area is 424 Å². The lowest BCUT2D eigenvalue weighted by atomic mass is 10.0. The number of ether oxygens (including phenoxy) is 1. The molecule has 0 aromatic heterocycles. The molecule has 0 radical (unpaired) electrons. The Bertz CT molecular complexity index is 1060. The van der Waals surface area contributed by atoms with Crippen LogP contribution in [0.3, 0.4) is 0 Å². The summed E-state index contributed by atoms with van der Waals surface area (Å²) < 4.78 is 5.48. The van der Waals surface area contributed by atoms with E-state index in [0.29, 0.717) is 19.4 Å². The van der Waals surface area contributed by atoms with Gasteiger partial charge in [0, 0.05) is 12.8 Å². The van der Waals surface area contributed by atoms with Crippen molar-refractivity contribution in [1.29, 1.82) is 0 Å². The number of allylic oxidation sites excluding steroid dienone is 3. The maximum atomic E-state index is 12.5. The number of nitrogens with one attached hydrogen (secondary N) is 1. The topological polar surface area (TPSA) is 95.9 Å².